The summed E-state index contributed by atoms with van der Waals surface area (Å²) in [5, 5.41) is 0. The fraction of sp³-hybridized carbons (Fsp3) is 0.562. The molecule has 0 spiro atoms. The van der Waals surface area contributed by atoms with Crippen LogP contribution in [-0.4, -0.2) is 55.2 Å². The maximum atomic E-state index is 14.0. The highest BCUT2D eigenvalue weighted by molar-refractivity contribution is 9.10. The monoisotopic (exact) mass is 433 g/mol. The van der Waals surface area contributed by atoms with Crippen LogP contribution >= 0.6 is 15.9 Å². The van der Waals surface area contributed by atoms with E-state index in [2.05, 4.69) is 20.8 Å². The van der Waals surface area contributed by atoms with Crippen molar-refractivity contribution < 1.29 is 17.6 Å². The van der Waals surface area contributed by atoms with E-state index in [1.54, 1.807) is 0 Å². The number of carbonyl (C=O) groups is 1. The van der Waals surface area contributed by atoms with Crippen molar-refractivity contribution in [2.24, 2.45) is 5.73 Å². The maximum absolute atomic E-state index is 14.0. The molecule has 138 valence electrons. The number of nitrogens with zero attached hydrogens (tertiary/aromatic N) is 2. The number of nitrogens with two attached hydrogens (primary N) is 1. The first-order valence-corrected chi connectivity index (χ1v) is 10.5. The van der Waals surface area contributed by atoms with Gasteiger partial charge < -0.3 is 5.73 Å². The minimum atomic E-state index is -3.87. The molecule has 25 heavy (non-hydrogen) atoms. The van der Waals surface area contributed by atoms with Gasteiger partial charge in [-0.2, -0.15) is 4.31 Å². The average molecular weight is 434 g/mol. The quantitative estimate of drug-likeness (QED) is 0.782. The number of primary amides is 1. The van der Waals surface area contributed by atoms with Gasteiger partial charge in [0.05, 0.1) is 6.04 Å². The summed E-state index contributed by atoms with van der Waals surface area (Å²) < 4.78 is 41.3. The third kappa shape index (κ3) is 3.74. The standard InChI is InChI=1S/C16H21BrFN3O3S/c17-11-3-4-13(18)15(10-11)25(23,24)20-8-5-12(6-9-20)21-7-1-2-14(21)16(19)22/h3-4,10,12,14H,1-2,5-9H2,(H2,19,22). The van der Waals surface area contributed by atoms with E-state index >= 15 is 0 Å². The Kier molecular flexibility index (Phi) is 5.48. The summed E-state index contributed by atoms with van der Waals surface area (Å²) in [6, 6.07) is 3.79. The molecule has 2 saturated heterocycles. The predicted molar refractivity (Wildman–Crippen MR) is 94.8 cm³/mol. The second kappa shape index (κ2) is 7.30. The first-order valence-electron chi connectivity index (χ1n) is 8.31. The van der Waals surface area contributed by atoms with Gasteiger partial charge in [0.25, 0.3) is 0 Å². The van der Waals surface area contributed by atoms with E-state index in [4.69, 9.17) is 5.73 Å². The molecule has 0 aromatic heterocycles. The molecule has 2 fully saturated rings. The first kappa shape index (κ1) is 18.8. The third-order valence-corrected chi connectivity index (χ3v) is 7.43. The Morgan fingerprint density at radius 1 is 1.20 bits per heavy atom. The van der Waals surface area contributed by atoms with Gasteiger partial charge in [-0.15, -0.1) is 0 Å². The normalized spacial score (nSPS) is 23.8. The SMILES string of the molecule is NC(=O)C1CCCN1C1CCN(S(=O)(=O)c2cc(Br)ccc2F)CC1. The number of piperidine rings is 1. The minimum absolute atomic E-state index is 0.138. The van der Waals surface area contributed by atoms with Crippen LogP contribution in [0.3, 0.4) is 0 Å². The summed E-state index contributed by atoms with van der Waals surface area (Å²) in [5.74, 6) is -1.07. The Morgan fingerprint density at radius 2 is 1.88 bits per heavy atom. The summed E-state index contributed by atoms with van der Waals surface area (Å²) in [5.41, 5.74) is 5.47. The number of likely N-dealkylation sites (tertiary alicyclic amines) is 1. The lowest BCUT2D eigenvalue weighted by Gasteiger charge is -2.38. The number of carbonyl (C=O) groups excluding carboxylic acids is 1. The number of benzene rings is 1. The Morgan fingerprint density at radius 3 is 2.52 bits per heavy atom. The molecule has 2 N–H and O–H groups in total. The molecule has 6 nitrogen and oxygen atoms in total. The number of halogens is 2. The van der Waals surface area contributed by atoms with Crippen molar-refractivity contribution in [3.8, 4) is 0 Å². The summed E-state index contributed by atoms with van der Waals surface area (Å²) >= 11 is 3.19. The lowest BCUT2D eigenvalue weighted by Crippen LogP contribution is -2.51. The molecule has 1 unspecified atom stereocenters. The molecule has 2 heterocycles. The first-order chi connectivity index (χ1) is 11.8. The van der Waals surface area contributed by atoms with Crippen molar-refractivity contribution >= 4 is 31.9 Å². The molecule has 1 amide bonds. The van der Waals surface area contributed by atoms with Crippen LogP contribution in [0.2, 0.25) is 0 Å². The maximum Gasteiger partial charge on any atom is 0.246 e. The number of amides is 1. The van der Waals surface area contributed by atoms with Gasteiger partial charge in [0.15, 0.2) is 0 Å². The zero-order valence-corrected chi connectivity index (χ0v) is 16.1. The van der Waals surface area contributed by atoms with E-state index in [0.29, 0.717) is 30.4 Å². The van der Waals surface area contributed by atoms with Gasteiger partial charge in [-0.05, 0) is 50.4 Å². The van der Waals surface area contributed by atoms with Crippen molar-refractivity contribution in [3.05, 3.63) is 28.5 Å². The highest BCUT2D eigenvalue weighted by Gasteiger charge is 2.38. The molecule has 2 aliphatic heterocycles. The van der Waals surface area contributed by atoms with Crippen molar-refractivity contribution in [1.29, 1.82) is 0 Å². The molecule has 9 heteroatoms. The molecule has 0 aliphatic carbocycles. The largest absolute Gasteiger partial charge is 0.368 e. The minimum Gasteiger partial charge on any atom is -0.368 e. The Bertz CT molecular complexity index is 766. The third-order valence-electron chi connectivity index (χ3n) is 5.03. The Hall–Kier alpha value is -1.03. The van der Waals surface area contributed by atoms with Gasteiger partial charge in [-0.25, -0.2) is 12.8 Å². The van der Waals surface area contributed by atoms with E-state index in [9.17, 15) is 17.6 Å². The van der Waals surface area contributed by atoms with Crippen LogP contribution in [0.5, 0.6) is 0 Å². The Balaban J connectivity index is 1.71. The second-order valence-corrected chi connectivity index (χ2v) is 9.33. The highest BCUT2D eigenvalue weighted by Crippen LogP contribution is 2.29. The summed E-state index contributed by atoms with van der Waals surface area (Å²) in [7, 11) is -3.87. The molecule has 1 aromatic rings. The summed E-state index contributed by atoms with van der Waals surface area (Å²) in [6.45, 7) is 1.42. The van der Waals surface area contributed by atoms with Gasteiger partial charge in [-0.1, -0.05) is 15.9 Å². The van der Waals surface area contributed by atoms with Crippen LogP contribution < -0.4 is 5.73 Å². The van der Waals surface area contributed by atoms with Crippen LogP contribution in [0.15, 0.2) is 27.6 Å². The smallest absolute Gasteiger partial charge is 0.246 e. The average Bonchev–Trinajstić information content (AvgIpc) is 3.07. The van der Waals surface area contributed by atoms with E-state index in [1.165, 1.54) is 16.4 Å². The molecule has 3 rings (SSSR count). The summed E-state index contributed by atoms with van der Waals surface area (Å²) in [4.78, 5) is 13.4. The fourth-order valence-electron chi connectivity index (χ4n) is 3.76. The number of hydrogen-bond donors (Lipinski definition) is 1. The van der Waals surface area contributed by atoms with E-state index in [-0.39, 0.29) is 22.9 Å². The fourth-order valence-corrected chi connectivity index (χ4v) is 5.83. The predicted octanol–water partition coefficient (Wildman–Crippen LogP) is 1.69. The number of hydrogen-bond acceptors (Lipinski definition) is 4. The molecule has 1 aromatic carbocycles. The molecule has 2 aliphatic rings. The number of rotatable bonds is 4. The van der Waals surface area contributed by atoms with Crippen LogP contribution in [0.25, 0.3) is 0 Å². The zero-order valence-electron chi connectivity index (χ0n) is 13.7. The summed E-state index contributed by atoms with van der Waals surface area (Å²) in [6.07, 6.45) is 2.91. The van der Waals surface area contributed by atoms with E-state index in [0.717, 1.165) is 25.5 Å². The van der Waals surface area contributed by atoms with Crippen molar-refractivity contribution in [1.82, 2.24) is 9.21 Å². The molecule has 0 bridgehead atoms. The van der Waals surface area contributed by atoms with Crippen molar-refractivity contribution in [2.45, 2.75) is 42.7 Å². The van der Waals surface area contributed by atoms with Crippen molar-refractivity contribution in [2.75, 3.05) is 19.6 Å². The highest BCUT2D eigenvalue weighted by atomic mass is 79.9. The molecule has 0 radical (unpaired) electrons. The molecule has 0 saturated carbocycles. The van der Waals surface area contributed by atoms with Crippen molar-refractivity contribution in [3.63, 3.8) is 0 Å². The van der Waals surface area contributed by atoms with Gasteiger partial charge in [-0.3, -0.25) is 9.69 Å². The van der Waals surface area contributed by atoms with Gasteiger partial charge in [0.2, 0.25) is 15.9 Å². The van der Waals surface area contributed by atoms with Crippen LogP contribution in [0.4, 0.5) is 4.39 Å². The Labute approximate surface area is 155 Å². The van der Waals surface area contributed by atoms with Gasteiger partial charge >= 0.3 is 0 Å². The van der Waals surface area contributed by atoms with E-state index < -0.39 is 15.8 Å². The van der Waals surface area contributed by atoms with E-state index in [1.807, 2.05) is 0 Å². The topological polar surface area (TPSA) is 83.7 Å². The molecular formula is C16H21BrFN3O3S. The zero-order chi connectivity index (χ0) is 18.2. The van der Waals surface area contributed by atoms with Gasteiger partial charge in [0.1, 0.15) is 10.7 Å². The van der Waals surface area contributed by atoms with Crippen LogP contribution in [0, 0.1) is 5.82 Å². The van der Waals surface area contributed by atoms with Crippen LogP contribution in [0.1, 0.15) is 25.7 Å². The second-order valence-electron chi connectivity index (χ2n) is 6.51. The lowest BCUT2D eigenvalue weighted by molar-refractivity contribution is -0.123. The molecule has 1 atom stereocenters. The van der Waals surface area contributed by atoms with Gasteiger partial charge in [0, 0.05) is 23.6 Å². The lowest BCUT2D eigenvalue weighted by atomic mass is 10.0. The van der Waals surface area contributed by atoms with Crippen LogP contribution in [-0.2, 0) is 14.8 Å². The molecular weight excluding hydrogens is 413 g/mol. The number of sulfonamides is 1.